The summed E-state index contributed by atoms with van der Waals surface area (Å²) in [5, 5.41) is 6.19. The maximum atomic E-state index is 12.2. The van der Waals surface area contributed by atoms with Gasteiger partial charge in [-0.1, -0.05) is 6.92 Å². The SMILES string of the molecule is CCc1cc2ncc(CN3CC4CC(Nc5ccc(C(=O)NC)nc5)CC4C3)cc2[nH]c1=O. The molecule has 3 aromatic heterocycles. The highest BCUT2D eigenvalue weighted by molar-refractivity contribution is 5.92. The highest BCUT2D eigenvalue weighted by Crippen LogP contribution is 2.39. The first-order valence-electron chi connectivity index (χ1n) is 11.7. The molecule has 8 nitrogen and oxygen atoms in total. The molecule has 2 unspecified atom stereocenters. The Kier molecular flexibility index (Phi) is 5.85. The second kappa shape index (κ2) is 8.94. The normalized spacial score (nSPS) is 22.4. The van der Waals surface area contributed by atoms with Crippen LogP contribution in [0, 0.1) is 11.8 Å². The molecule has 0 radical (unpaired) electrons. The lowest BCUT2D eigenvalue weighted by Gasteiger charge is -2.20. The molecule has 172 valence electrons. The summed E-state index contributed by atoms with van der Waals surface area (Å²) in [6.07, 6.45) is 6.67. The number of nitrogens with zero attached hydrogens (tertiary/aromatic N) is 3. The number of rotatable bonds is 6. The summed E-state index contributed by atoms with van der Waals surface area (Å²) >= 11 is 0. The lowest BCUT2D eigenvalue weighted by Crippen LogP contribution is -2.25. The van der Waals surface area contributed by atoms with Gasteiger partial charge in [-0.05, 0) is 60.9 Å². The highest BCUT2D eigenvalue weighted by Gasteiger charge is 2.40. The Hall–Kier alpha value is -3.26. The van der Waals surface area contributed by atoms with Gasteiger partial charge in [0.25, 0.3) is 11.5 Å². The molecule has 0 spiro atoms. The summed E-state index contributed by atoms with van der Waals surface area (Å²) in [5.41, 5.74) is 4.95. The van der Waals surface area contributed by atoms with E-state index in [1.165, 1.54) is 0 Å². The number of carbonyl (C=O) groups is 1. The first-order valence-corrected chi connectivity index (χ1v) is 11.7. The van der Waals surface area contributed by atoms with E-state index >= 15 is 0 Å². The van der Waals surface area contributed by atoms with Crippen LogP contribution in [0.25, 0.3) is 11.0 Å². The molecule has 3 N–H and O–H groups in total. The fraction of sp³-hybridized carbons (Fsp3) is 0.440. The summed E-state index contributed by atoms with van der Waals surface area (Å²) in [6.45, 7) is 5.01. The summed E-state index contributed by atoms with van der Waals surface area (Å²) < 4.78 is 0. The lowest BCUT2D eigenvalue weighted by molar-refractivity contribution is 0.0958. The molecule has 1 aliphatic heterocycles. The molecule has 33 heavy (non-hydrogen) atoms. The average Bonchev–Trinajstić information content (AvgIpc) is 3.36. The van der Waals surface area contributed by atoms with Crippen LogP contribution in [0.5, 0.6) is 0 Å². The average molecular weight is 447 g/mol. The number of fused-ring (bicyclic) bond motifs is 2. The Balaban J connectivity index is 1.17. The topological polar surface area (TPSA) is 103 Å². The van der Waals surface area contributed by atoms with E-state index in [0.29, 0.717) is 30.0 Å². The maximum absolute atomic E-state index is 12.2. The van der Waals surface area contributed by atoms with E-state index in [-0.39, 0.29) is 11.5 Å². The molecule has 2 fully saturated rings. The Labute approximate surface area is 192 Å². The van der Waals surface area contributed by atoms with Crippen molar-refractivity contribution in [2.45, 2.75) is 38.8 Å². The van der Waals surface area contributed by atoms with Crippen molar-refractivity contribution in [1.29, 1.82) is 0 Å². The molecule has 3 aromatic rings. The molecule has 0 aromatic carbocycles. The summed E-state index contributed by atoms with van der Waals surface area (Å²) in [5.74, 6) is 1.19. The third-order valence-corrected chi connectivity index (χ3v) is 7.03. The zero-order chi connectivity index (χ0) is 22.9. The van der Waals surface area contributed by atoms with Crippen LogP contribution in [0.15, 0.2) is 41.5 Å². The third kappa shape index (κ3) is 4.48. The summed E-state index contributed by atoms with van der Waals surface area (Å²) in [7, 11) is 1.61. The van der Waals surface area contributed by atoms with Crippen molar-refractivity contribution in [3.8, 4) is 0 Å². The number of anilines is 1. The predicted octanol–water partition coefficient (Wildman–Crippen LogP) is 2.56. The Morgan fingerprint density at radius 2 is 1.94 bits per heavy atom. The standard InChI is InChI=1S/C25H30N6O2/c1-3-16-9-22-23(30-24(16)32)6-15(10-27-22)12-31-13-17-7-20(8-18(17)14-31)29-19-4-5-21(28-11-19)25(33)26-2/h4-6,9-11,17-18,20,29H,3,7-8,12-14H2,1-2H3,(H,26,33)(H,30,32). The van der Waals surface area contributed by atoms with Crippen molar-refractivity contribution in [2.75, 3.05) is 25.5 Å². The molecule has 1 saturated heterocycles. The Morgan fingerprint density at radius 3 is 2.61 bits per heavy atom. The molecule has 5 rings (SSSR count). The number of hydrogen-bond acceptors (Lipinski definition) is 6. The molecule has 1 aliphatic carbocycles. The Morgan fingerprint density at radius 1 is 1.15 bits per heavy atom. The molecular weight excluding hydrogens is 416 g/mol. The van der Waals surface area contributed by atoms with Gasteiger partial charge in [0.1, 0.15) is 5.69 Å². The molecule has 1 saturated carbocycles. The van der Waals surface area contributed by atoms with Crippen molar-refractivity contribution in [2.24, 2.45) is 11.8 Å². The van der Waals surface area contributed by atoms with Gasteiger partial charge in [-0.3, -0.25) is 19.5 Å². The largest absolute Gasteiger partial charge is 0.381 e. The van der Waals surface area contributed by atoms with E-state index in [9.17, 15) is 9.59 Å². The van der Waals surface area contributed by atoms with Gasteiger partial charge in [-0.15, -0.1) is 0 Å². The minimum atomic E-state index is -0.171. The van der Waals surface area contributed by atoms with Crippen LogP contribution in [-0.4, -0.2) is 51.9 Å². The van der Waals surface area contributed by atoms with Gasteiger partial charge in [0.05, 0.1) is 22.9 Å². The fourth-order valence-electron chi connectivity index (χ4n) is 5.40. The number of hydrogen-bond donors (Lipinski definition) is 3. The van der Waals surface area contributed by atoms with Crippen LogP contribution >= 0.6 is 0 Å². The third-order valence-electron chi connectivity index (χ3n) is 7.03. The van der Waals surface area contributed by atoms with E-state index in [2.05, 4.69) is 36.6 Å². The zero-order valence-corrected chi connectivity index (χ0v) is 19.1. The number of likely N-dealkylation sites (tertiary alicyclic amines) is 1. The lowest BCUT2D eigenvalue weighted by atomic mass is 10.0. The first-order chi connectivity index (χ1) is 16.0. The second-order valence-corrected chi connectivity index (χ2v) is 9.29. The Bertz CT molecular complexity index is 1210. The molecular formula is C25H30N6O2. The van der Waals surface area contributed by atoms with E-state index in [1.807, 2.05) is 25.3 Å². The predicted molar refractivity (Wildman–Crippen MR) is 128 cm³/mol. The smallest absolute Gasteiger partial charge is 0.269 e. The van der Waals surface area contributed by atoms with Crippen molar-refractivity contribution >= 4 is 22.6 Å². The van der Waals surface area contributed by atoms with Crippen LogP contribution in [0.1, 0.15) is 41.4 Å². The van der Waals surface area contributed by atoms with Gasteiger partial charge >= 0.3 is 0 Å². The van der Waals surface area contributed by atoms with Gasteiger partial charge in [0.15, 0.2) is 0 Å². The summed E-state index contributed by atoms with van der Waals surface area (Å²) in [6, 6.07) is 8.09. The number of amides is 1. The van der Waals surface area contributed by atoms with Gasteiger partial charge in [0.2, 0.25) is 0 Å². The van der Waals surface area contributed by atoms with E-state index in [1.54, 1.807) is 19.3 Å². The zero-order valence-electron chi connectivity index (χ0n) is 19.1. The maximum Gasteiger partial charge on any atom is 0.269 e. The van der Waals surface area contributed by atoms with Crippen LogP contribution < -0.4 is 16.2 Å². The van der Waals surface area contributed by atoms with Gasteiger partial charge in [0, 0.05) is 44.5 Å². The molecule has 1 amide bonds. The minimum Gasteiger partial charge on any atom is -0.381 e. The van der Waals surface area contributed by atoms with Crippen LogP contribution in [-0.2, 0) is 13.0 Å². The number of nitrogens with one attached hydrogen (secondary N) is 3. The first kappa shape index (κ1) is 21.6. The van der Waals surface area contributed by atoms with Gasteiger partial charge in [-0.25, -0.2) is 4.98 Å². The molecule has 4 heterocycles. The van der Waals surface area contributed by atoms with E-state index in [0.717, 1.165) is 60.3 Å². The van der Waals surface area contributed by atoms with Crippen molar-refractivity contribution in [3.63, 3.8) is 0 Å². The second-order valence-electron chi connectivity index (χ2n) is 9.29. The highest BCUT2D eigenvalue weighted by atomic mass is 16.1. The van der Waals surface area contributed by atoms with Crippen molar-refractivity contribution < 1.29 is 4.79 Å². The van der Waals surface area contributed by atoms with E-state index in [4.69, 9.17) is 0 Å². The summed E-state index contributed by atoms with van der Waals surface area (Å²) in [4.78, 5) is 38.1. The fourth-order valence-corrected chi connectivity index (χ4v) is 5.40. The molecule has 0 bridgehead atoms. The van der Waals surface area contributed by atoms with Gasteiger partial charge < -0.3 is 15.6 Å². The number of H-pyrrole nitrogens is 1. The van der Waals surface area contributed by atoms with Crippen LogP contribution in [0.2, 0.25) is 0 Å². The molecule has 2 atom stereocenters. The van der Waals surface area contributed by atoms with Crippen molar-refractivity contribution in [1.82, 2.24) is 25.2 Å². The number of aromatic nitrogens is 3. The number of aryl methyl sites for hydroxylation is 1. The van der Waals surface area contributed by atoms with Crippen molar-refractivity contribution in [3.05, 3.63) is 63.8 Å². The van der Waals surface area contributed by atoms with Crippen LogP contribution in [0.3, 0.4) is 0 Å². The number of carbonyl (C=O) groups excluding carboxylic acids is 1. The van der Waals surface area contributed by atoms with Gasteiger partial charge in [-0.2, -0.15) is 0 Å². The molecule has 2 aliphatic rings. The monoisotopic (exact) mass is 446 g/mol. The molecule has 8 heteroatoms. The number of pyridine rings is 3. The minimum absolute atomic E-state index is 0.0170. The van der Waals surface area contributed by atoms with Crippen LogP contribution in [0.4, 0.5) is 5.69 Å². The number of aromatic amines is 1. The van der Waals surface area contributed by atoms with E-state index < -0.39 is 0 Å². The quantitative estimate of drug-likeness (QED) is 0.538.